The predicted octanol–water partition coefficient (Wildman–Crippen LogP) is 3.22. The highest BCUT2D eigenvalue weighted by atomic mass is 19.1. The van der Waals surface area contributed by atoms with E-state index in [2.05, 4.69) is 4.98 Å². The van der Waals surface area contributed by atoms with Gasteiger partial charge in [0.1, 0.15) is 5.82 Å². The minimum atomic E-state index is -0.270. The molecule has 4 nitrogen and oxygen atoms in total. The molecule has 0 aliphatic rings. The first-order valence-electron chi connectivity index (χ1n) is 8.09. The molecule has 0 atom stereocenters. The van der Waals surface area contributed by atoms with Crippen molar-refractivity contribution in [2.75, 3.05) is 20.3 Å². The van der Waals surface area contributed by atoms with Crippen LogP contribution in [-0.4, -0.2) is 36.1 Å². The number of methoxy groups -OCH3 is 1. The molecule has 0 fully saturated rings. The van der Waals surface area contributed by atoms with Gasteiger partial charge in [0.25, 0.3) is 0 Å². The number of benzene rings is 1. The van der Waals surface area contributed by atoms with Crippen molar-refractivity contribution in [1.29, 1.82) is 0 Å². The fraction of sp³-hybridized carbons (Fsp3) is 0.368. The van der Waals surface area contributed by atoms with Crippen molar-refractivity contribution < 1.29 is 13.9 Å². The van der Waals surface area contributed by atoms with Crippen molar-refractivity contribution in [1.82, 2.24) is 9.88 Å². The first-order chi connectivity index (χ1) is 11.7. The standard InChI is InChI=1S/C19H23FN2O2/c1-24-13-3-12-22(15-17-8-10-21-11-9-17)19(23)7-6-16-4-2-5-18(20)14-16/h2,4-5,8-11,14H,3,6-7,12-13,15H2,1H3. The van der Waals surface area contributed by atoms with E-state index in [1.807, 2.05) is 23.1 Å². The van der Waals surface area contributed by atoms with Crippen LogP contribution in [0.2, 0.25) is 0 Å². The van der Waals surface area contributed by atoms with E-state index in [4.69, 9.17) is 4.74 Å². The molecule has 0 spiro atoms. The van der Waals surface area contributed by atoms with Gasteiger partial charge in [-0.1, -0.05) is 12.1 Å². The van der Waals surface area contributed by atoms with Crippen molar-refractivity contribution >= 4 is 5.91 Å². The smallest absolute Gasteiger partial charge is 0.223 e. The van der Waals surface area contributed by atoms with Crippen molar-refractivity contribution in [3.63, 3.8) is 0 Å². The molecule has 2 aromatic rings. The van der Waals surface area contributed by atoms with Gasteiger partial charge in [0.15, 0.2) is 0 Å². The number of carbonyl (C=O) groups is 1. The molecule has 0 aliphatic carbocycles. The van der Waals surface area contributed by atoms with E-state index in [9.17, 15) is 9.18 Å². The minimum Gasteiger partial charge on any atom is -0.385 e. The van der Waals surface area contributed by atoms with Crippen molar-refractivity contribution in [2.45, 2.75) is 25.8 Å². The first kappa shape index (κ1) is 18.1. The Labute approximate surface area is 142 Å². The molecular weight excluding hydrogens is 307 g/mol. The maximum absolute atomic E-state index is 13.2. The third-order valence-electron chi connectivity index (χ3n) is 3.77. The summed E-state index contributed by atoms with van der Waals surface area (Å²) in [6, 6.07) is 10.2. The number of aromatic nitrogens is 1. The maximum atomic E-state index is 13.2. The number of amides is 1. The molecular formula is C19H23FN2O2. The number of pyridine rings is 1. The average molecular weight is 330 g/mol. The van der Waals surface area contributed by atoms with Crippen LogP contribution < -0.4 is 0 Å². The Morgan fingerprint density at radius 3 is 2.71 bits per heavy atom. The van der Waals surface area contributed by atoms with Crippen LogP contribution in [0.25, 0.3) is 0 Å². The number of aryl methyl sites for hydroxylation is 1. The van der Waals surface area contributed by atoms with Crippen LogP contribution in [0.1, 0.15) is 24.0 Å². The van der Waals surface area contributed by atoms with Crippen LogP contribution in [0.15, 0.2) is 48.8 Å². The Morgan fingerprint density at radius 2 is 2.00 bits per heavy atom. The van der Waals surface area contributed by atoms with Crippen LogP contribution in [-0.2, 0) is 22.5 Å². The second-order valence-corrected chi connectivity index (χ2v) is 5.65. The number of halogens is 1. The summed E-state index contributed by atoms with van der Waals surface area (Å²) in [5.41, 5.74) is 1.88. The lowest BCUT2D eigenvalue weighted by atomic mass is 10.1. The van der Waals surface area contributed by atoms with Crippen molar-refractivity contribution in [2.24, 2.45) is 0 Å². The predicted molar refractivity (Wildman–Crippen MR) is 90.9 cm³/mol. The van der Waals surface area contributed by atoms with E-state index < -0.39 is 0 Å². The van der Waals surface area contributed by atoms with Gasteiger partial charge >= 0.3 is 0 Å². The highest BCUT2D eigenvalue weighted by Gasteiger charge is 2.14. The molecule has 0 saturated heterocycles. The highest BCUT2D eigenvalue weighted by Crippen LogP contribution is 2.10. The Hall–Kier alpha value is -2.27. The summed E-state index contributed by atoms with van der Waals surface area (Å²) < 4.78 is 18.3. The molecule has 0 bridgehead atoms. The number of nitrogens with zero attached hydrogens (tertiary/aromatic N) is 2. The molecule has 0 unspecified atom stereocenters. The normalized spacial score (nSPS) is 10.6. The third-order valence-corrected chi connectivity index (χ3v) is 3.77. The molecule has 0 aliphatic heterocycles. The Bertz CT molecular complexity index is 634. The number of carbonyl (C=O) groups excluding carboxylic acids is 1. The lowest BCUT2D eigenvalue weighted by Crippen LogP contribution is -2.32. The second kappa shape index (κ2) is 9.78. The van der Waals surface area contributed by atoms with Crippen LogP contribution in [0, 0.1) is 5.82 Å². The summed E-state index contributed by atoms with van der Waals surface area (Å²) >= 11 is 0. The van der Waals surface area contributed by atoms with Crippen LogP contribution >= 0.6 is 0 Å². The zero-order valence-electron chi connectivity index (χ0n) is 14.0. The first-order valence-corrected chi connectivity index (χ1v) is 8.09. The summed E-state index contributed by atoms with van der Waals surface area (Å²) in [7, 11) is 1.65. The van der Waals surface area contributed by atoms with Gasteiger partial charge in [-0.3, -0.25) is 9.78 Å². The monoisotopic (exact) mass is 330 g/mol. The molecule has 1 heterocycles. The zero-order chi connectivity index (χ0) is 17.2. The van der Waals surface area contributed by atoms with Crippen molar-refractivity contribution in [3.05, 3.63) is 65.7 Å². The number of ether oxygens (including phenoxy) is 1. The van der Waals surface area contributed by atoms with Gasteiger partial charge in [-0.2, -0.15) is 0 Å². The quantitative estimate of drug-likeness (QED) is 0.663. The van der Waals surface area contributed by atoms with E-state index in [0.29, 0.717) is 32.5 Å². The summed E-state index contributed by atoms with van der Waals surface area (Å²) in [6.07, 6.45) is 5.13. The molecule has 1 aromatic carbocycles. The van der Waals surface area contributed by atoms with Gasteiger partial charge in [0.05, 0.1) is 0 Å². The molecule has 0 N–H and O–H groups in total. The SMILES string of the molecule is COCCCN(Cc1ccncc1)C(=O)CCc1cccc(F)c1. The molecule has 5 heteroatoms. The van der Waals surface area contributed by atoms with Crippen molar-refractivity contribution in [3.8, 4) is 0 Å². The van der Waals surface area contributed by atoms with Gasteiger partial charge in [-0.05, 0) is 48.2 Å². The third kappa shape index (κ3) is 6.08. The summed E-state index contributed by atoms with van der Waals surface area (Å²) in [5.74, 6) is -0.208. The van der Waals surface area contributed by atoms with Gasteiger partial charge in [-0.15, -0.1) is 0 Å². The fourth-order valence-electron chi connectivity index (χ4n) is 2.50. The van der Waals surface area contributed by atoms with Gasteiger partial charge in [0.2, 0.25) is 5.91 Å². The van der Waals surface area contributed by atoms with Crippen LogP contribution in [0.5, 0.6) is 0 Å². The van der Waals surface area contributed by atoms with E-state index in [1.54, 1.807) is 25.6 Å². The van der Waals surface area contributed by atoms with E-state index in [-0.39, 0.29) is 11.7 Å². The molecule has 0 radical (unpaired) electrons. The molecule has 2 rings (SSSR count). The van der Waals surface area contributed by atoms with Crippen LogP contribution in [0.4, 0.5) is 4.39 Å². The van der Waals surface area contributed by atoms with Gasteiger partial charge < -0.3 is 9.64 Å². The van der Waals surface area contributed by atoms with E-state index in [0.717, 1.165) is 17.5 Å². The second-order valence-electron chi connectivity index (χ2n) is 5.65. The topological polar surface area (TPSA) is 42.4 Å². The molecule has 128 valence electrons. The Kier molecular flexibility index (Phi) is 7.36. The van der Waals surface area contributed by atoms with Crippen LogP contribution in [0.3, 0.4) is 0 Å². The lowest BCUT2D eigenvalue weighted by molar-refractivity contribution is -0.132. The summed E-state index contributed by atoms with van der Waals surface area (Å²) in [6.45, 7) is 1.80. The highest BCUT2D eigenvalue weighted by molar-refractivity contribution is 5.76. The Morgan fingerprint density at radius 1 is 1.21 bits per heavy atom. The number of hydrogen-bond donors (Lipinski definition) is 0. The Balaban J connectivity index is 1.95. The van der Waals surface area contributed by atoms with Gasteiger partial charge in [-0.25, -0.2) is 4.39 Å². The lowest BCUT2D eigenvalue weighted by Gasteiger charge is -2.23. The van der Waals surface area contributed by atoms with E-state index >= 15 is 0 Å². The summed E-state index contributed by atoms with van der Waals surface area (Å²) in [4.78, 5) is 18.4. The molecule has 1 amide bonds. The van der Waals surface area contributed by atoms with E-state index in [1.165, 1.54) is 12.1 Å². The summed E-state index contributed by atoms with van der Waals surface area (Å²) in [5, 5.41) is 0. The fourth-order valence-corrected chi connectivity index (χ4v) is 2.50. The average Bonchev–Trinajstić information content (AvgIpc) is 2.60. The maximum Gasteiger partial charge on any atom is 0.223 e. The zero-order valence-corrected chi connectivity index (χ0v) is 14.0. The minimum absolute atomic E-state index is 0.0622. The number of rotatable bonds is 9. The van der Waals surface area contributed by atoms with Gasteiger partial charge in [0, 0.05) is 45.6 Å². The molecule has 0 saturated carbocycles. The largest absolute Gasteiger partial charge is 0.385 e. The molecule has 24 heavy (non-hydrogen) atoms. The number of hydrogen-bond acceptors (Lipinski definition) is 3. The molecule has 1 aromatic heterocycles.